The summed E-state index contributed by atoms with van der Waals surface area (Å²) in [7, 11) is 0. The first kappa shape index (κ1) is 18.3. The third-order valence-electron chi connectivity index (χ3n) is 4.21. The largest absolute Gasteiger partial charge is 0.350 e. The van der Waals surface area contributed by atoms with Gasteiger partial charge in [-0.05, 0) is 36.4 Å². The van der Waals surface area contributed by atoms with E-state index in [0.717, 1.165) is 15.8 Å². The van der Waals surface area contributed by atoms with Crippen LogP contribution >= 0.6 is 22.9 Å². The van der Waals surface area contributed by atoms with Crippen LogP contribution in [0.3, 0.4) is 0 Å². The second kappa shape index (κ2) is 7.92. The van der Waals surface area contributed by atoms with E-state index in [2.05, 4.69) is 15.4 Å². The Hall–Kier alpha value is -3.03. The molecule has 0 aliphatic rings. The number of hydrogen-bond acceptors (Lipinski definition) is 5. The highest BCUT2D eigenvalue weighted by Gasteiger charge is 2.08. The molecule has 4 aromatic rings. The molecule has 2 aromatic carbocycles. The number of aromatic nitrogens is 3. The summed E-state index contributed by atoms with van der Waals surface area (Å²) in [6.45, 7) is 0.561. The molecule has 0 saturated carbocycles. The third-order valence-corrected chi connectivity index (χ3v) is 5.25. The summed E-state index contributed by atoms with van der Waals surface area (Å²) in [6, 6.07) is 15.7. The number of hydrogen-bond donors (Lipinski definition) is 1. The average Bonchev–Trinajstić information content (AvgIpc) is 3.18. The van der Waals surface area contributed by atoms with Gasteiger partial charge >= 0.3 is 0 Å². The molecule has 6 nitrogen and oxygen atoms in total. The fraction of sp³-hybridized carbons (Fsp3) is 0.100. The molecule has 0 aliphatic carbocycles. The number of benzene rings is 2. The number of nitrogens with zero attached hydrogens (tertiary/aromatic N) is 3. The van der Waals surface area contributed by atoms with Crippen molar-refractivity contribution >= 4 is 39.1 Å². The molecule has 1 N–H and O–H groups in total. The predicted octanol–water partition coefficient (Wildman–Crippen LogP) is 3.60. The van der Waals surface area contributed by atoms with E-state index in [9.17, 15) is 9.59 Å². The number of thiazole rings is 1. The summed E-state index contributed by atoms with van der Waals surface area (Å²) in [6.07, 6.45) is 0. The lowest BCUT2D eigenvalue weighted by Gasteiger charge is -2.09. The number of carbonyl (C=O) groups is 1. The Morgan fingerprint density at radius 2 is 1.93 bits per heavy atom. The van der Waals surface area contributed by atoms with Crippen molar-refractivity contribution in [1.82, 2.24) is 20.1 Å². The highest BCUT2D eigenvalue weighted by atomic mass is 35.5. The molecule has 140 valence electrons. The first-order chi connectivity index (χ1) is 13.6. The second-order valence-electron chi connectivity index (χ2n) is 6.08. The maximum absolute atomic E-state index is 12.4. The molecule has 0 atom stereocenters. The van der Waals surface area contributed by atoms with Crippen molar-refractivity contribution in [3.63, 3.8) is 0 Å². The molecular formula is C20H15ClN4O2S. The lowest BCUT2D eigenvalue weighted by Crippen LogP contribution is -2.31. The Bertz CT molecular complexity index is 1200. The van der Waals surface area contributed by atoms with Crippen LogP contribution < -0.4 is 10.9 Å². The Morgan fingerprint density at radius 1 is 1.11 bits per heavy atom. The van der Waals surface area contributed by atoms with Gasteiger partial charge in [-0.25, -0.2) is 9.67 Å². The van der Waals surface area contributed by atoms with Crippen molar-refractivity contribution < 1.29 is 4.79 Å². The topological polar surface area (TPSA) is 76.9 Å². The Morgan fingerprint density at radius 3 is 2.75 bits per heavy atom. The second-order valence-corrected chi connectivity index (χ2v) is 7.40. The van der Waals surface area contributed by atoms with Crippen molar-refractivity contribution in [3.8, 4) is 11.3 Å². The number of halogens is 1. The lowest BCUT2D eigenvalue weighted by molar-refractivity contribution is 0.0952. The smallest absolute Gasteiger partial charge is 0.266 e. The predicted molar refractivity (Wildman–Crippen MR) is 111 cm³/mol. The van der Waals surface area contributed by atoms with E-state index in [4.69, 9.17) is 11.6 Å². The van der Waals surface area contributed by atoms with Crippen molar-refractivity contribution in [1.29, 1.82) is 0 Å². The van der Waals surface area contributed by atoms with E-state index < -0.39 is 0 Å². The van der Waals surface area contributed by atoms with Gasteiger partial charge in [0.15, 0.2) is 0 Å². The van der Waals surface area contributed by atoms with Gasteiger partial charge in [0.05, 0.1) is 28.0 Å². The van der Waals surface area contributed by atoms with Crippen molar-refractivity contribution in [2.75, 3.05) is 6.54 Å². The normalized spacial score (nSPS) is 10.9. The van der Waals surface area contributed by atoms with Crippen LogP contribution in [0.15, 0.2) is 64.9 Å². The fourth-order valence-electron chi connectivity index (χ4n) is 2.76. The van der Waals surface area contributed by atoms with Crippen LogP contribution in [-0.2, 0) is 6.54 Å². The number of rotatable bonds is 5. The molecule has 2 aromatic heterocycles. The molecule has 0 fully saturated rings. The van der Waals surface area contributed by atoms with E-state index in [1.54, 1.807) is 29.8 Å². The van der Waals surface area contributed by atoms with Gasteiger partial charge in [0.1, 0.15) is 0 Å². The van der Waals surface area contributed by atoms with Crippen molar-refractivity contribution in [2.24, 2.45) is 0 Å². The van der Waals surface area contributed by atoms with Gasteiger partial charge in [-0.2, -0.15) is 5.10 Å². The molecular weight excluding hydrogens is 396 g/mol. The highest BCUT2D eigenvalue weighted by molar-refractivity contribution is 7.16. The Labute approximate surface area is 169 Å². The number of carbonyl (C=O) groups excluding carboxylic acids is 1. The lowest BCUT2D eigenvalue weighted by atomic mass is 10.1. The zero-order valence-corrected chi connectivity index (χ0v) is 16.2. The number of nitrogens with one attached hydrogen (secondary N) is 1. The number of fused-ring (bicyclic) bond motifs is 1. The van der Waals surface area contributed by atoms with Crippen LogP contribution in [0, 0.1) is 0 Å². The summed E-state index contributed by atoms with van der Waals surface area (Å²) < 4.78 is 2.30. The van der Waals surface area contributed by atoms with Gasteiger partial charge in [-0.1, -0.05) is 23.7 Å². The van der Waals surface area contributed by atoms with E-state index in [-0.39, 0.29) is 24.6 Å². The molecule has 28 heavy (non-hydrogen) atoms. The third kappa shape index (κ3) is 3.95. The van der Waals surface area contributed by atoms with Crippen LogP contribution in [0.25, 0.3) is 21.5 Å². The molecule has 0 saturated heterocycles. The van der Waals surface area contributed by atoms with Gasteiger partial charge < -0.3 is 5.32 Å². The minimum Gasteiger partial charge on any atom is -0.350 e. The van der Waals surface area contributed by atoms with Gasteiger partial charge in [0, 0.05) is 28.8 Å². The molecule has 1 amide bonds. The SMILES string of the molecule is O=C(NCCn1nc(-c2ccc(Cl)cc2)ccc1=O)c1ccc2ncsc2c1. The highest BCUT2D eigenvalue weighted by Crippen LogP contribution is 2.19. The van der Waals surface area contributed by atoms with E-state index in [0.29, 0.717) is 16.3 Å². The summed E-state index contributed by atoms with van der Waals surface area (Å²) >= 11 is 7.40. The minimum absolute atomic E-state index is 0.197. The molecule has 2 heterocycles. The van der Waals surface area contributed by atoms with Crippen LogP contribution in [-0.4, -0.2) is 27.2 Å². The van der Waals surface area contributed by atoms with Crippen LogP contribution in [0.1, 0.15) is 10.4 Å². The van der Waals surface area contributed by atoms with Gasteiger partial charge in [-0.3, -0.25) is 9.59 Å². The van der Waals surface area contributed by atoms with E-state index in [1.165, 1.54) is 22.1 Å². The molecule has 0 unspecified atom stereocenters. The summed E-state index contributed by atoms with van der Waals surface area (Å²) in [5.74, 6) is -0.197. The maximum Gasteiger partial charge on any atom is 0.266 e. The summed E-state index contributed by atoms with van der Waals surface area (Å²) in [4.78, 5) is 28.6. The van der Waals surface area contributed by atoms with Gasteiger partial charge in [-0.15, -0.1) is 11.3 Å². The minimum atomic E-state index is -0.224. The summed E-state index contributed by atoms with van der Waals surface area (Å²) in [5, 5.41) is 7.84. The molecule has 0 spiro atoms. The maximum atomic E-state index is 12.4. The van der Waals surface area contributed by atoms with Crippen molar-refractivity contribution in [2.45, 2.75) is 6.54 Å². The molecule has 0 bridgehead atoms. The van der Waals surface area contributed by atoms with E-state index in [1.807, 2.05) is 24.3 Å². The van der Waals surface area contributed by atoms with Crippen LogP contribution in [0.4, 0.5) is 0 Å². The molecule has 0 radical (unpaired) electrons. The van der Waals surface area contributed by atoms with Gasteiger partial charge in [0.2, 0.25) is 0 Å². The van der Waals surface area contributed by atoms with Crippen LogP contribution in [0.2, 0.25) is 5.02 Å². The monoisotopic (exact) mass is 410 g/mol. The first-order valence-corrected chi connectivity index (χ1v) is 9.81. The van der Waals surface area contributed by atoms with Crippen molar-refractivity contribution in [3.05, 3.63) is 81.0 Å². The Kier molecular flexibility index (Phi) is 5.18. The number of amides is 1. The van der Waals surface area contributed by atoms with Crippen LogP contribution in [0.5, 0.6) is 0 Å². The zero-order valence-electron chi connectivity index (χ0n) is 14.6. The fourth-order valence-corrected chi connectivity index (χ4v) is 3.60. The zero-order chi connectivity index (χ0) is 19.5. The van der Waals surface area contributed by atoms with Gasteiger partial charge in [0.25, 0.3) is 11.5 Å². The quantitative estimate of drug-likeness (QED) is 0.545. The van der Waals surface area contributed by atoms with E-state index >= 15 is 0 Å². The molecule has 8 heteroatoms. The molecule has 4 rings (SSSR count). The standard InChI is InChI=1S/C20H15ClN4O2S/c21-15-4-1-13(2-5-15)16-7-8-19(26)25(24-16)10-9-22-20(27)14-3-6-17-18(11-14)28-12-23-17/h1-8,11-12H,9-10H2,(H,22,27). The summed E-state index contributed by atoms with van der Waals surface area (Å²) in [5.41, 5.74) is 4.48. The average molecular weight is 411 g/mol. The molecule has 0 aliphatic heterocycles. The Balaban J connectivity index is 1.44. The first-order valence-electron chi connectivity index (χ1n) is 8.56.